The molecule has 0 aliphatic rings. The highest BCUT2D eigenvalue weighted by Crippen LogP contribution is 2.24. The van der Waals surface area contributed by atoms with Gasteiger partial charge in [0, 0.05) is 0 Å². The van der Waals surface area contributed by atoms with Crippen molar-refractivity contribution in [3.8, 4) is 11.4 Å². The molecule has 2 N–H and O–H groups in total. The number of rotatable bonds is 1. The van der Waals surface area contributed by atoms with Gasteiger partial charge in [-0.15, -0.1) is 0 Å². The van der Waals surface area contributed by atoms with E-state index in [9.17, 15) is 4.79 Å². The first-order valence-corrected chi connectivity index (χ1v) is 4.17. The third kappa shape index (κ3) is 1.38. The van der Waals surface area contributed by atoms with Gasteiger partial charge in [0.05, 0.1) is 10.7 Å². The third-order valence-corrected chi connectivity index (χ3v) is 2.06. The van der Waals surface area contributed by atoms with Crippen LogP contribution in [0.15, 0.2) is 29.3 Å². The smallest absolute Gasteiger partial charge is 0.347 e. The predicted molar refractivity (Wildman–Crippen MR) is 50.9 cm³/mol. The second-order valence-electron chi connectivity index (χ2n) is 2.67. The molecular weight excluding hydrogens is 206 g/mol. The van der Waals surface area contributed by atoms with Gasteiger partial charge in [-0.3, -0.25) is 0 Å². The summed E-state index contributed by atoms with van der Waals surface area (Å²) in [4.78, 5) is 11.2. The maximum absolute atomic E-state index is 11.2. The van der Waals surface area contributed by atoms with Crippen molar-refractivity contribution in [1.29, 1.82) is 0 Å². The monoisotopic (exact) mass is 211 g/mol. The van der Waals surface area contributed by atoms with Crippen molar-refractivity contribution in [2.75, 3.05) is 0 Å². The van der Waals surface area contributed by atoms with Crippen molar-refractivity contribution >= 4 is 11.6 Å². The summed E-state index contributed by atoms with van der Waals surface area (Å²) in [6, 6.07) is 4.46. The molecule has 14 heavy (non-hydrogen) atoms. The number of aromatic hydroxyl groups is 1. The molecule has 1 aromatic carbocycles. The molecular formula is C8H6ClN3O2. The number of aromatic amines is 1. The number of halogens is 1. The molecule has 6 heteroatoms. The first-order valence-electron chi connectivity index (χ1n) is 3.79. The van der Waals surface area contributed by atoms with Gasteiger partial charge in [0.25, 0.3) is 0 Å². The van der Waals surface area contributed by atoms with Gasteiger partial charge < -0.3 is 5.11 Å². The zero-order valence-corrected chi connectivity index (χ0v) is 7.69. The minimum atomic E-state index is -0.355. The van der Waals surface area contributed by atoms with Crippen LogP contribution in [0.2, 0.25) is 5.02 Å². The summed E-state index contributed by atoms with van der Waals surface area (Å²) in [6.45, 7) is 0. The van der Waals surface area contributed by atoms with Crippen LogP contribution in [0.4, 0.5) is 0 Å². The Morgan fingerprint density at radius 2 is 2.29 bits per heavy atom. The summed E-state index contributed by atoms with van der Waals surface area (Å²) >= 11 is 5.69. The van der Waals surface area contributed by atoms with E-state index in [1.54, 1.807) is 6.07 Å². The van der Waals surface area contributed by atoms with Gasteiger partial charge in [-0.2, -0.15) is 5.10 Å². The predicted octanol–water partition coefficient (Wildman–Crippen LogP) is 0.920. The number of nitrogens with zero attached hydrogens (tertiary/aromatic N) is 2. The van der Waals surface area contributed by atoms with E-state index in [0.29, 0.717) is 5.69 Å². The summed E-state index contributed by atoms with van der Waals surface area (Å²) in [7, 11) is 0. The molecule has 0 radical (unpaired) electrons. The Morgan fingerprint density at radius 1 is 1.50 bits per heavy atom. The topological polar surface area (TPSA) is 70.9 Å². The molecule has 0 fully saturated rings. The average Bonchev–Trinajstić information content (AvgIpc) is 2.57. The molecule has 72 valence electrons. The van der Waals surface area contributed by atoms with Gasteiger partial charge in [-0.05, 0) is 18.2 Å². The van der Waals surface area contributed by atoms with E-state index in [1.807, 2.05) is 0 Å². The fraction of sp³-hybridized carbons (Fsp3) is 0. The number of phenolic OH excluding ortho intramolecular Hbond substituents is 1. The van der Waals surface area contributed by atoms with Crippen LogP contribution in [0.1, 0.15) is 0 Å². The van der Waals surface area contributed by atoms with E-state index >= 15 is 0 Å². The molecule has 0 bridgehead atoms. The number of phenols is 1. The number of hydrogen-bond acceptors (Lipinski definition) is 3. The second kappa shape index (κ2) is 3.19. The molecule has 5 nitrogen and oxygen atoms in total. The highest BCUT2D eigenvalue weighted by Gasteiger charge is 2.03. The molecule has 0 saturated heterocycles. The second-order valence-corrected chi connectivity index (χ2v) is 3.07. The Kier molecular flexibility index (Phi) is 2.01. The quantitative estimate of drug-likeness (QED) is 0.737. The molecule has 0 aliphatic heterocycles. The molecule has 0 saturated carbocycles. The number of nitrogens with one attached hydrogen (secondary N) is 1. The van der Waals surface area contributed by atoms with Gasteiger partial charge in [-0.1, -0.05) is 11.6 Å². The van der Waals surface area contributed by atoms with E-state index < -0.39 is 0 Å². The Labute approximate surface area is 83.6 Å². The Balaban J connectivity index is 2.59. The van der Waals surface area contributed by atoms with Gasteiger partial charge in [-0.25, -0.2) is 14.5 Å². The zero-order chi connectivity index (χ0) is 10.1. The summed E-state index contributed by atoms with van der Waals surface area (Å²) in [5.74, 6) is -0.0213. The average molecular weight is 212 g/mol. The lowest BCUT2D eigenvalue weighted by Crippen LogP contribution is -2.13. The number of H-pyrrole nitrogens is 1. The van der Waals surface area contributed by atoms with Crippen molar-refractivity contribution < 1.29 is 5.11 Å². The third-order valence-electron chi connectivity index (χ3n) is 1.76. The maximum Gasteiger partial charge on any atom is 0.347 e. The number of aromatic nitrogens is 3. The first-order chi connectivity index (χ1) is 6.68. The largest absolute Gasteiger partial charge is 0.506 e. The number of benzene rings is 1. The lowest BCUT2D eigenvalue weighted by Gasteiger charge is -2.01. The summed E-state index contributed by atoms with van der Waals surface area (Å²) < 4.78 is 1.28. The van der Waals surface area contributed by atoms with E-state index in [-0.39, 0.29) is 16.5 Å². The Morgan fingerprint density at radius 3 is 2.86 bits per heavy atom. The van der Waals surface area contributed by atoms with Crippen LogP contribution in [0.5, 0.6) is 5.75 Å². The standard InChI is InChI=1S/C8H6ClN3O2/c9-6-3-5(1-2-7(6)13)12-4-10-11-8(12)14/h1-4,13H,(H,11,14). The number of hydrogen-bond donors (Lipinski definition) is 2. The molecule has 0 atom stereocenters. The van der Waals surface area contributed by atoms with Crippen molar-refractivity contribution in [2.45, 2.75) is 0 Å². The van der Waals surface area contributed by atoms with Crippen LogP contribution in [0.25, 0.3) is 5.69 Å². The lowest BCUT2D eigenvalue weighted by atomic mass is 10.3. The van der Waals surface area contributed by atoms with Crippen molar-refractivity contribution in [3.05, 3.63) is 40.0 Å². The van der Waals surface area contributed by atoms with Crippen LogP contribution < -0.4 is 5.69 Å². The van der Waals surface area contributed by atoms with Crippen molar-refractivity contribution in [3.63, 3.8) is 0 Å². The fourth-order valence-corrected chi connectivity index (χ4v) is 1.25. The van der Waals surface area contributed by atoms with Gasteiger partial charge in [0.1, 0.15) is 12.1 Å². The van der Waals surface area contributed by atoms with Gasteiger partial charge in [0.15, 0.2) is 0 Å². The zero-order valence-electron chi connectivity index (χ0n) is 6.94. The normalized spacial score (nSPS) is 10.4. The van der Waals surface area contributed by atoms with E-state index in [2.05, 4.69) is 10.2 Å². The Hall–Kier alpha value is -1.75. The molecule has 0 unspecified atom stereocenters. The molecule has 1 heterocycles. The van der Waals surface area contributed by atoms with Crippen LogP contribution in [0.3, 0.4) is 0 Å². The molecule has 0 amide bonds. The molecule has 1 aromatic heterocycles. The molecule has 2 aromatic rings. The van der Waals surface area contributed by atoms with Crippen LogP contribution in [0, 0.1) is 0 Å². The Bertz CT molecular complexity index is 517. The van der Waals surface area contributed by atoms with Crippen LogP contribution >= 0.6 is 11.6 Å². The minimum Gasteiger partial charge on any atom is -0.506 e. The summed E-state index contributed by atoms with van der Waals surface area (Å²) in [5, 5.41) is 15.2. The van der Waals surface area contributed by atoms with Crippen molar-refractivity contribution in [1.82, 2.24) is 14.8 Å². The highest BCUT2D eigenvalue weighted by molar-refractivity contribution is 6.32. The van der Waals surface area contributed by atoms with Crippen LogP contribution in [-0.2, 0) is 0 Å². The van der Waals surface area contributed by atoms with E-state index in [4.69, 9.17) is 16.7 Å². The first kappa shape index (κ1) is 8.83. The van der Waals surface area contributed by atoms with E-state index in [0.717, 1.165) is 0 Å². The molecule has 0 spiro atoms. The minimum absolute atomic E-state index is 0.0213. The maximum atomic E-state index is 11.2. The van der Waals surface area contributed by atoms with E-state index in [1.165, 1.54) is 23.0 Å². The molecule has 0 aliphatic carbocycles. The van der Waals surface area contributed by atoms with Gasteiger partial charge in [0.2, 0.25) is 0 Å². The highest BCUT2D eigenvalue weighted by atomic mass is 35.5. The van der Waals surface area contributed by atoms with Crippen LogP contribution in [-0.4, -0.2) is 19.9 Å². The SMILES string of the molecule is O=c1[nH]ncn1-c1ccc(O)c(Cl)c1. The summed E-state index contributed by atoms with van der Waals surface area (Å²) in [5.41, 5.74) is 0.193. The molecule has 2 rings (SSSR count). The fourth-order valence-electron chi connectivity index (χ4n) is 1.08. The van der Waals surface area contributed by atoms with Gasteiger partial charge >= 0.3 is 5.69 Å². The van der Waals surface area contributed by atoms with Crippen molar-refractivity contribution in [2.24, 2.45) is 0 Å². The summed E-state index contributed by atoms with van der Waals surface area (Å²) in [6.07, 6.45) is 1.34. The lowest BCUT2D eigenvalue weighted by molar-refractivity contribution is 0.475.